The third-order valence-electron chi connectivity index (χ3n) is 5.24. The molecule has 120 valence electrons. The smallest absolute Gasteiger partial charge is 0.253 e. The number of halogens is 1. The molecule has 1 amide bonds. The number of nitrogens with zero attached hydrogens (tertiary/aromatic N) is 1. The van der Waals surface area contributed by atoms with E-state index in [4.69, 9.17) is 11.6 Å². The van der Waals surface area contributed by atoms with E-state index in [9.17, 15) is 4.79 Å². The highest BCUT2D eigenvalue weighted by Crippen LogP contribution is 2.17. The van der Waals surface area contributed by atoms with Gasteiger partial charge in [0.05, 0.1) is 19.1 Å². The Morgan fingerprint density at radius 3 is 2.73 bits per heavy atom. The van der Waals surface area contributed by atoms with Crippen molar-refractivity contribution >= 4 is 17.5 Å². The first kappa shape index (κ1) is 15.8. The lowest BCUT2D eigenvalue weighted by Gasteiger charge is -2.39. The molecule has 0 aromatic heterocycles. The Hall–Kier alpha value is -1.06. The summed E-state index contributed by atoms with van der Waals surface area (Å²) in [5.74, 6) is 0.984. The van der Waals surface area contributed by atoms with Gasteiger partial charge in [-0.15, -0.1) is 0 Å². The van der Waals surface area contributed by atoms with Gasteiger partial charge in [-0.1, -0.05) is 24.6 Å². The molecule has 0 saturated carbocycles. The van der Waals surface area contributed by atoms with Crippen molar-refractivity contribution in [2.75, 3.05) is 26.2 Å². The summed E-state index contributed by atoms with van der Waals surface area (Å²) in [6, 6.07) is 8.03. The molecule has 0 bridgehead atoms. The van der Waals surface area contributed by atoms with Crippen molar-refractivity contribution in [2.45, 2.75) is 38.6 Å². The molecule has 2 fully saturated rings. The number of quaternary nitrogens is 1. The van der Waals surface area contributed by atoms with Gasteiger partial charge in [-0.3, -0.25) is 4.79 Å². The van der Waals surface area contributed by atoms with Crippen molar-refractivity contribution in [1.29, 1.82) is 0 Å². The van der Waals surface area contributed by atoms with E-state index in [0.717, 1.165) is 37.9 Å². The summed E-state index contributed by atoms with van der Waals surface area (Å²) in [7, 11) is 0. The summed E-state index contributed by atoms with van der Waals surface area (Å²) in [5.41, 5.74) is 0.713. The molecular formula is C18H26ClN2O+. The number of amides is 1. The molecule has 0 spiro atoms. The van der Waals surface area contributed by atoms with E-state index < -0.39 is 0 Å². The first-order valence-electron chi connectivity index (χ1n) is 8.53. The maximum atomic E-state index is 12.5. The van der Waals surface area contributed by atoms with Crippen LogP contribution < -0.4 is 4.90 Å². The van der Waals surface area contributed by atoms with Crippen LogP contribution in [0.4, 0.5) is 0 Å². The largest absolute Gasteiger partial charge is 0.338 e. The quantitative estimate of drug-likeness (QED) is 0.888. The molecule has 2 atom stereocenters. The number of hydrogen-bond donors (Lipinski definition) is 1. The Balaban J connectivity index is 1.56. The van der Waals surface area contributed by atoms with Crippen molar-refractivity contribution in [2.24, 2.45) is 5.92 Å². The topological polar surface area (TPSA) is 24.8 Å². The van der Waals surface area contributed by atoms with Crippen molar-refractivity contribution < 1.29 is 9.69 Å². The van der Waals surface area contributed by atoms with Crippen LogP contribution in [0.3, 0.4) is 0 Å². The molecule has 1 N–H and O–H groups in total. The van der Waals surface area contributed by atoms with Crippen LogP contribution in [-0.2, 0) is 0 Å². The SMILES string of the molecule is CC1CCC[NH+](C2CCN(C(=O)c3cccc(Cl)c3)CC2)C1. The molecule has 0 radical (unpaired) electrons. The number of nitrogens with one attached hydrogen (secondary N) is 1. The standard InChI is InChI=1S/C18H25ClN2O/c1-14-4-3-9-21(13-14)17-7-10-20(11-8-17)18(22)15-5-2-6-16(19)12-15/h2,5-6,12,14,17H,3-4,7-11,13H2,1H3/p+1. The lowest BCUT2D eigenvalue weighted by atomic mass is 9.95. The van der Waals surface area contributed by atoms with Gasteiger partial charge >= 0.3 is 0 Å². The molecule has 2 aliphatic rings. The fourth-order valence-corrected chi connectivity index (χ4v) is 4.19. The van der Waals surface area contributed by atoms with Crippen LogP contribution in [0, 0.1) is 5.92 Å². The van der Waals surface area contributed by atoms with E-state index in [-0.39, 0.29) is 5.91 Å². The van der Waals surface area contributed by atoms with Gasteiger partial charge in [0.1, 0.15) is 0 Å². The second kappa shape index (κ2) is 7.01. The van der Waals surface area contributed by atoms with Gasteiger partial charge in [0.2, 0.25) is 0 Å². The zero-order chi connectivity index (χ0) is 15.5. The summed E-state index contributed by atoms with van der Waals surface area (Å²) >= 11 is 5.99. The van der Waals surface area contributed by atoms with Crippen LogP contribution in [0.1, 0.15) is 43.0 Å². The van der Waals surface area contributed by atoms with E-state index >= 15 is 0 Å². The van der Waals surface area contributed by atoms with Crippen LogP contribution in [0.5, 0.6) is 0 Å². The normalized spacial score (nSPS) is 26.9. The Bertz CT molecular complexity index is 526. The average Bonchev–Trinajstić information content (AvgIpc) is 2.54. The summed E-state index contributed by atoms with van der Waals surface area (Å²) in [6.45, 7) is 6.77. The van der Waals surface area contributed by atoms with Gasteiger partial charge in [0.25, 0.3) is 5.91 Å². The zero-order valence-electron chi connectivity index (χ0n) is 13.4. The minimum Gasteiger partial charge on any atom is -0.338 e. The van der Waals surface area contributed by atoms with E-state index in [1.165, 1.54) is 25.9 Å². The fourth-order valence-electron chi connectivity index (χ4n) is 3.99. The number of carbonyl (C=O) groups is 1. The molecule has 1 aromatic rings. The van der Waals surface area contributed by atoms with Crippen LogP contribution in [0.15, 0.2) is 24.3 Å². The zero-order valence-corrected chi connectivity index (χ0v) is 14.1. The second-order valence-electron chi connectivity index (χ2n) is 6.94. The van der Waals surface area contributed by atoms with Gasteiger partial charge in [0.15, 0.2) is 0 Å². The predicted molar refractivity (Wildman–Crippen MR) is 89.5 cm³/mol. The molecule has 0 aliphatic carbocycles. The van der Waals surface area contributed by atoms with E-state index in [1.54, 1.807) is 11.0 Å². The first-order valence-corrected chi connectivity index (χ1v) is 8.90. The van der Waals surface area contributed by atoms with Gasteiger partial charge in [-0.05, 0) is 31.0 Å². The monoisotopic (exact) mass is 321 g/mol. The Morgan fingerprint density at radius 2 is 2.05 bits per heavy atom. The molecule has 3 nitrogen and oxygen atoms in total. The van der Waals surface area contributed by atoms with E-state index in [2.05, 4.69) is 6.92 Å². The fraction of sp³-hybridized carbons (Fsp3) is 0.611. The number of carbonyl (C=O) groups excluding carboxylic acids is 1. The molecule has 2 unspecified atom stereocenters. The Kier molecular flexibility index (Phi) is 5.04. The van der Waals surface area contributed by atoms with Gasteiger partial charge in [0, 0.05) is 42.4 Å². The van der Waals surface area contributed by atoms with Crippen LogP contribution in [-0.4, -0.2) is 43.0 Å². The number of piperidine rings is 2. The number of rotatable bonds is 2. The van der Waals surface area contributed by atoms with Crippen molar-refractivity contribution in [3.8, 4) is 0 Å². The summed E-state index contributed by atoms with van der Waals surface area (Å²) in [5, 5.41) is 0.632. The molecule has 2 saturated heterocycles. The Morgan fingerprint density at radius 1 is 1.27 bits per heavy atom. The molecule has 3 rings (SSSR count). The predicted octanol–water partition coefficient (Wildman–Crippen LogP) is 2.26. The third kappa shape index (κ3) is 3.64. The van der Waals surface area contributed by atoms with Crippen molar-refractivity contribution in [3.63, 3.8) is 0 Å². The van der Waals surface area contributed by atoms with Crippen molar-refractivity contribution in [1.82, 2.24) is 4.90 Å². The van der Waals surface area contributed by atoms with E-state index in [0.29, 0.717) is 10.6 Å². The Labute approximate surface area is 138 Å². The van der Waals surface area contributed by atoms with Gasteiger partial charge < -0.3 is 9.80 Å². The lowest BCUT2D eigenvalue weighted by Crippen LogP contribution is -3.17. The minimum absolute atomic E-state index is 0.128. The second-order valence-corrected chi connectivity index (χ2v) is 7.37. The summed E-state index contributed by atoms with van der Waals surface area (Å²) < 4.78 is 0. The maximum Gasteiger partial charge on any atom is 0.253 e. The third-order valence-corrected chi connectivity index (χ3v) is 5.47. The molecular weight excluding hydrogens is 296 g/mol. The van der Waals surface area contributed by atoms with Gasteiger partial charge in [-0.25, -0.2) is 0 Å². The molecule has 22 heavy (non-hydrogen) atoms. The minimum atomic E-state index is 0.128. The molecule has 1 aromatic carbocycles. The van der Waals surface area contributed by atoms with E-state index in [1.807, 2.05) is 23.1 Å². The van der Waals surface area contributed by atoms with Crippen molar-refractivity contribution in [3.05, 3.63) is 34.9 Å². The van der Waals surface area contributed by atoms with Gasteiger partial charge in [-0.2, -0.15) is 0 Å². The highest BCUT2D eigenvalue weighted by molar-refractivity contribution is 6.30. The number of likely N-dealkylation sites (tertiary alicyclic amines) is 2. The average molecular weight is 322 g/mol. The van der Waals surface area contributed by atoms with Crippen LogP contribution in [0.2, 0.25) is 5.02 Å². The summed E-state index contributed by atoms with van der Waals surface area (Å²) in [6.07, 6.45) is 5.01. The highest BCUT2D eigenvalue weighted by Gasteiger charge is 2.32. The first-order chi connectivity index (χ1) is 10.6. The number of benzene rings is 1. The molecule has 2 aliphatic heterocycles. The van der Waals surface area contributed by atoms with Crippen LogP contribution >= 0.6 is 11.6 Å². The molecule has 4 heteroatoms. The van der Waals surface area contributed by atoms with Crippen LogP contribution in [0.25, 0.3) is 0 Å². The highest BCUT2D eigenvalue weighted by atomic mass is 35.5. The number of hydrogen-bond acceptors (Lipinski definition) is 1. The lowest BCUT2D eigenvalue weighted by molar-refractivity contribution is -0.934. The maximum absolute atomic E-state index is 12.5. The summed E-state index contributed by atoms with van der Waals surface area (Å²) in [4.78, 5) is 16.3. The molecule has 2 heterocycles.